The molecule has 3 nitrogen and oxygen atoms in total. The summed E-state index contributed by atoms with van der Waals surface area (Å²) < 4.78 is 1.10. The number of hydrogen-bond acceptors (Lipinski definition) is 2. The molecule has 0 fully saturated rings. The first-order chi connectivity index (χ1) is 4.54. The van der Waals surface area contributed by atoms with Crippen LogP contribution in [0.5, 0.6) is 0 Å². The van der Waals surface area contributed by atoms with Crippen LogP contribution in [0, 0.1) is 5.41 Å². The highest BCUT2D eigenvalue weighted by molar-refractivity contribution is 14.1. The molecular formula is C6H10IN3. The normalized spacial score (nSPS) is 13.6. The molecule has 0 rings (SSSR count). The summed E-state index contributed by atoms with van der Waals surface area (Å²) in [5.74, 6) is 0.233. The van der Waals surface area contributed by atoms with Crippen LogP contribution in [0.2, 0.25) is 0 Å². The SMILES string of the molecule is CC(=N)/N=N\C(C)=C(C)I. The fourth-order valence-electron chi connectivity index (χ4n) is 0.219. The lowest BCUT2D eigenvalue weighted by Gasteiger charge is -1.90. The average molecular weight is 251 g/mol. The zero-order chi connectivity index (χ0) is 8.15. The number of azo groups is 1. The van der Waals surface area contributed by atoms with E-state index in [-0.39, 0.29) is 5.84 Å². The van der Waals surface area contributed by atoms with E-state index in [0.717, 1.165) is 9.28 Å². The fraction of sp³-hybridized carbons (Fsp3) is 0.500. The predicted molar refractivity (Wildman–Crippen MR) is 50.7 cm³/mol. The zero-order valence-electron chi connectivity index (χ0n) is 6.27. The Morgan fingerprint density at radius 1 is 1.20 bits per heavy atom. The summed E-state index contributed by atoms with van der Waals surface area (Å²) in [6.45, 7) is 5.42. The second-order valence-electron chi connectivity index (χ2n) is 1.90. The van der Waals surface area contributed by atoms with Crippen LogP contribution in [0.1, 0.15) is 20.8 Å². The highest BCUT2D eigenvalue weighted by atomic mass is 127. The Bertz CT molecular complexity index is 189. The summed E-state index contributed by atoms with van der Waals surface area (Å²) in [5.41, 5.74) is 0.868. The first kappa shape index (κ1) is 9.74. The third-order valence-corrected chi connectivity index (χ3v) is 1.63. The van der Waals surface area contributed by atoms with Crippen molar-refractivity contribution in [3.05, 3.63) is 9.28 Å². The molecule has 0 saturated carbocycles. The molecule has 0 amide bonds. The molecule has 0 aromatic rings. The Balaban J connectivity index is 4.16. The summed E-state index contributed by atoms with van der Waals surface area (Å²) in [6, 6.07) is 0. The van der Waals surface area contributed by atoms with E-state index in [1.165, 1.54) is 0 Å². The maximum absolute atomic E-state index is 6.94. The molecule has 0 bridgehead atoms. The molecule has 0 radical (unpaired) electrons. The van der Waals surface area contributed by atoms with Crippen LogP contribution in [-0.2, 0) is 0 Å². The third-order valence-electron chi connectivity index (χ3n) is 0.849. The van der Waals surface area contributed by atoms with Gasteiger partial charge in [0.05, 0.1) is 5.70 Å². The predicted octanol–water partition coefficient (Wildman–Crippen LogP) is 3.12. The Hall–Kier alpha value is -0.260. The van der Waals surface area contributed by atoms with Crippen molar-refractivity contribution in [3.8, 4) is 0 Å². The van der Waals surface area contributed by atoms with Gasteiger partial charge in [-0.05, 0) is 43.4 Å². The second kappa shape index (κ2) is 4.54. The van der Waals surface area contributed by atoms with Gasteiger partial charge < -0.3 is 0 Å². The Kier molecular flexibility index (Phi) is 4.42. The molecule has 0 aromatic carbocycles. The van der Waals surface area contributed by atoms with Crippen molar-refractivity contribution in [3.63, 3.8) is 0 Å². The van der Waals surface area contributed by atoms with E-state index in [2.05, 4.69) is 32.8 Å². The van der Waals surface area contributed by atoms with Crippen molar-refractivity contribution in [2.75, 3.05) is 0 Å². The van der Waals surface area contributed by atoms with E-state index in [0.29, 0.717) is 0 Å². The smallest absolute Gasteiger partial charge is 0.140 e. The lowest BCUT2D eigenvalue weighted by Crippen LogP contribution is -1.78. The van der Waals surface area contributed by atoms with Crippen LogP contribution in [0.25, 0.3) is 0 Å². The van der Waals surface area contributed by atoms with Gasteiger partial charge in [0.2, 0.25) is 0 Å². The van der Waals surface area contributed by atoms with Crippen LogP contribution >= 0.6 is 22.6 Å². The maximum atomic E-state index is 6.94. The monoisotopic (exact) mass is 251 g/mol. The average Bonchev–Trinajstić information content (AvgIpc) is 1.82. The molecular weight excluding hydrogens is 241 g/mol. The number of nitrogens with zero attached hydrogens (tertiary/aromatic N) is 2. The molecule has 0 spiro atoms. The van der Waals surface area contributed by atoms with E-state index in [4.69, 9.17) is 5.41 Å². The molecule has 0 aliphatic heterocycles. The van der Waals surface area contributed by atoms with E-state index < -0.39 is 0 Å². The summed E-state index contributed by atoms with van der Waals surface area (Å²) in [5, 5.41) is 14.3. The third kappa shape index (κ3) is 4.60. The molecule has 0 atom stereocenters. The molecule has 56 valence electrons. The Morgan fingerprint density at radius 2 is 1.70 bits per heavy atom. The van der Waals surface area contributed by atoms with Gasteiger partial charge in [-0.3, -0.25) is 5.41 Å². The quantitative estimate of drug-likeness (QED) is 0.322. The van der Waals surface area contributed by atoms with Crippen molar-refractivity contribution in [1.82, 2.24) is 0 Å². The van der Waals surface area contributed by atoms with Crippen LogP contribution in [-0.4, -0.2) is 5.84 Å². The van der Waals surface area contributed by atoms with Gasteiger partial charge in [0, 0.05) is 3.58 Å². The Labute approximate surface area is 74.3 Å². The molecule has 0 aliphatic carbocycles. The lowest BCUT2D eigenvalue weighted by atomic mass is 10.5. The first-order valence-electron chi connectivity index (χ1n) is 2.84. The number of nitrogens with one attached hydrogen (secondary N) is 1. The molecule has 0 unspecified atom stereocenters. The summed E-state index contributed by atoms with van der Waals surface area (Å²) in [4.78, 5) is 0. The van der Waals surface area contributed by atoms with Crippen LogP contribution in [0.4, 0.5) is 0 Å². The van der Waals surface area contributed by atoms with Gasteiger partial charge >= 0.3 is 0 Å². The minimum Gasteiger partial charge on any atom is -0.285 e. The van der Waals surface area contributed by atoms with Gasteiger partial charge in [-0.2, -0.15) is 5.11 Å². The minimum atomic E-state index is 0.233. The molecule has 0 aliphatic rings. The van der Waals surface area contributed by atoms with E-state index in [1.54, 1.807) is 6.92 Å². The van der Waals surface area contributed by atoms with Gasteiger partial charge in [-0.15, -0.1) is 5.11 Å². The largest absolute Gasteiger partial charge is 0.285 e. The topological polar surface area (TPSA) is 48.6 Å². The highest BCUT2D eigenvalue weighted by Gasteiger charge is 1.88. The standard InChI is InChI=1S/C6H10IN3/c1-4(7)5(2)9-10-6(3)8/h8H,1-3H3/b5-4?,8-6?,10-9-. The highest BCUT2D eigenvalue weighted by Crippen LogP contribution is 2.11. The molecule has 1 N–H and O–H groups in total. The van der Waals surface area contributed by atoms with Crippen molar-refractivity contribution in [2.45, 2.75) is 20.8 Å². The number of amidine groups is 1. The van der Waals surface area contributed by atoms with Crippen LogP contribution in [0.3, 0.4) is 0 Å². The van der Waals surface area contributed by atoms with Gasteiger partial charge in [0.1, 0.15) is 5.84 Å². The zero-order valence-corrected chi connectivity index (χ0v) is 8.43. The minimum absolute atomic E-state index is 0.233. The molecule has 10 heavy (non-hydrogen) atoms. The maximum Gasteiger partial charge on any atom is 0.140 e. The summed E-state index contributed by atoms with van der Waals surface area (Å²) >= 11 is 2.17. The van der Waals surface area contributed by atoms with Crippen LogP contribution in [0.15, 0.2) is 19.5 Å². The number of hydrogen-bond donors (Lipinski definition) is 1. The van der Waals surface area contributed by atoms with E-state index in [1.807, 2.05) is 13.8 Å². The number of halogens is 1. The lowest BCUT2D eigenvalue weighted by molar-refractivity contribution is 1.12. The fourth-order valence-corrected chi connectivity index (χ4v) is 0.327. The molecule has 0 heterocycles. The Morgan fingerprint density at radius 3 is 2.00 bits per heavy atom. The molecule has 4 heteroatoms. The van der Waals surface area contributed by atoms with Crippen molar-refractivity contribution in [2.24, 2.45) is 10.2 Å². The summed E-state index contributed by atoms with van der Waals surface area (Å²) in [6.07, 6.45) is 0. The van der Waals surface area contributed by atoms with Crippen LogP contribution < -0.4 is 0 Å². The summed E-state index contributed by atoms with van der Waals surface area (Å²) in [7, 11) is 0. The van der Waals surface area contributed by atoms with Crippen molar-refractivity contribution < 1.29 is 0 Å². The van der Waals surface area contributed by atoms with E-state index >= 15 is 0 Å². The van der Waals surface area contributed by atoms with Crippen molar-refractivity contribution >= 4 is 28.4 Å². The van der Waals surface area contributed by atoms with Gasteiger partial charge in [0.25, 0.3) is 0 Å². The van der Waals surface area contributed by atoms with Gasteiger partial charge in [-0.25, -0.2) is 0 Å². The number of rotatable bonds is 1. The molecule has 0 saturated heterocycles. The first-order valence-corrected chi connectivity index (χ1v) is 3.91. The molecule has 0 aromatic heterocycles. The van der Waals surface area contributed by atoms with Gasteiger partial charge in [0.15, 0.2) is 0 Å². The second-order valence-corrected chi connectivity index (χ2v) is 3.52. The number of allylic oxidation sites excluding steroid dienone is 2. The van der Waals surface area contributed by atoms with Crippen molar-refractivity contribution in [1.29, 1.82) is 5.41 Å². The van der Waals surface area contributed by atoms with Gasteiger partial charge in [-0.1, -0.05) is 0 Å². The van der Waals surface area contributed by atoms with E-state index in [9.17, 15) is 0 Å².